The molecule has 68 valence electrons. The number of benzene rings is 1. The molecule has 0 spiro atoms. The first kappa shape index (κ1) is 9.49. The molecule has 2 nitrogen and oxygen atoms in total. The van der Waals surface area contributed by atoms with Gasteiger partial charge in [0.15, 0.2) is 0 Å². The van der Waals surface area contributed by atoms with Crippen LogP contribution in [0.25, 0.3) is 0 Å². The highest BCUT2D eigenvalue weighted by Crippen LogP contribution is 2.35. The van der Waals surface area contributed by atoms with Crippen molar-refractivity contribution in [3.63, 3.8) is 0 Å². The van der Waals surface area contributed by atoms with Gasteiger partial charge in [-0.15, -0.1) is 0 Å². The number of amides is 1. The van der Waals surface area contributed by atoms with Crippen molar-refractivity contribution in [1.29, 1.82) is 0 Å². The van der Waals surface area contributed by atoms with Gasteiger partial charge in [0.1, 0.15) is 0 Å². The molecule has 1 aliphatic heterocycles. The van der Waals surface area contributed by atoms with Gasteiger partial charge in [-0.2, -0.15) is 0 Å². The van der Waals surface area contributed by atoms with Gasteiger partial charge in [-0.25, -0.2) is 0 Å². The highest BCUT2D eigenvalue weighted by Gasteiger charge is 2.29. The van der Waals surface area contributed by atoms with Crippen molar-refractivity contribution in [2.75, 3.05) is 0 Å². The molecule has 0 radical (unpaired) electrons. The van der Waals surface area contributed by atoms with Crippen molar-refractivity contribution in [3.05, 3.63) is 32.8 Å². The second kappa shape index (κ2) is 3.26. The van der Waals surface area contributed by atoms with E-state index < -0.39 is 0 Å². The first-order valence-corrected chi connectivity index (χ1v) is 5.44. The van der Waals surface area contributed by atoms with Crippen molar-refractivity contribution >= 4 is 49.6 Å². The zero-order valence-electron chi connectivity index (χ0n) is 6.35. The Kier molecular flexibility index (Phi) is 2.38. The molecule has 0 saturated carbocycles. The molecule has 0 aromatic heterocycles. The van der Waals surface area contributed by atoms with Gasteiger partial charge in [-0.1, -0.05) is 11.6 Å². The lowest BCUT2D eigenvalue weighted by Gasteiger charge is -2.01. The predicted octanol–water partition coefficient (Wildman–Crippen LogP) is 3.37. The van der Waals surface area contributed by atoms with Gasteiger partial charge < -0.3 is 0 Å². The third kappa shape index (κ3) is 1.41. The van der Waals surface area contributed by atoms with E-state index >= 15 is 0 Å². The molecule has 0 saturated heterocycles. The van der Waals surface area contributed by atoms with Gasteiger partial charge in [-0.3, -0.25) is 8.72 Å². The third-order valence-corrected chi connectivity index (χ3v) is 3.52. The van der Waals surface area contributed by atoms with Crippen LogP contribution in [0, 0.1) is 0 Å². The Morgan fingerprint density at radius 2 is 2.15 bits per heavy atom. The average molecular weight is 325 g/mol. The minimum atomic E-state index is -0.0515. The first-order chi connectivity index (χ1) is 6.11. The number of nitrogens with zero attached hydrogens (tertiary/aromatic N) is 1. The molecule has 0 bridgehead atoms. The lowest BCUT2D eigenvalue weighted by atomic mass is 10.1. The van der Waals surface area contributed by atoms with E-state index in [4.69, 9.17) is 11.6 Å². The summed E-state index contributed by atoms with van der Waals surface area (Å²) < 4.78 is 2.26. The SMILES string of the molecule is O=C1c2c(Br)ccc(Cl)c2CN1Br. The highest BCUT2D eigenvalue weighted by atomic mass is 79.9. The van der Waals surface area contributed by atoms with Gasteiger partial charge in [0.25, 0.3) is 5.91 Å². The van der Waals surface area contributed by atoms with E-state index in [-0.39, 0.29) is 5.91 Å². The molecule has 1 aromatic carbocycles. The summed E-state index contributed by atoms with van der Waals surface area (Å²) in [5.41, 5.74) is 1.53. The normalized spacial score (nSPS) is 15.0. The van der Waals surface area contributed by atoms with Crippen LogP contribution in [0.3, 0.4) is 0 Å². The lowest BCUT2D eigenvalue weighted by molar-refractivity contribution is 0.0895. The van der Waals surface area contributed by atoms with E-state index in [1.165, 1.54) is 3.93 Å². The number of carbonyl (C=O) groups is 1. The fourth-order valence-corrected chi connectivity index (χ4v) is 2.50. The Balaban J connectivity index is 2.68. The molecule has 5 heteroatoms. The Hall–Kier alpha value is -0.0600. The Bertz CT molecular complexity index is 394. The number of hydrogen-bond acceptors (Lipinski definition) is 1. The summed E-state index contributed by atoms with van der Waals surface area (Å²) in [6.45, 7) is 0.520. The topological polar surface area (TPSA) is 20.3 Å². The third-order valence-electron chi connectivity index (χ3n) is 1.94. The lowest BCUT2D eigenvalue weighted by Crippen LogP contribution is -2.10. The number of rotatable bonds is 0. The first-order valence-electron chi connectivity index (χ1n) is 3.56. The quantitative estimate of drug-likeness (QED) is 0.670. The second-order valence-corrected chi connectivity index (χ2v) is 4.83. The molecule has 0 aliphatic carbocycles. The summed E-state index contributed by atoms with van der Waals surface area (Å²) in [6, 6.07) is 3.56. The molecule has 1 amide bonds. The molecule has 0 N–H and O–H groups in total. The van der Waals surface area contributed by atoms with Crippen LogP contribution in [0.5, 0.6) is 0 Å². The minimum absolute atomic E-state index is 0.0515. The maximum atomic E-state index is 11.6. The fraction of sp³-hybridized carbons (Fsp3) is 0.125. The van der Waals surface area contributed by atoms with Crippen LogP contribution >= 0.6 is 43.7 Å². The van der Waals surface area contributed by atoms with Gasteiger partial charge in [0, 0.05) is 15.1 Å². The summed E-state index contributed by atoms with van der Waals surface area (Å²) in [5, 5.41) is 0.633. The Labute approximate surface area is 97.3 Å². The van der Waals surface area contributed by atoms with E-state index in [2.05, 4.69) is 32.1 Å². The molecule has 1 heterocycles. The summed E-state index contributed by atoms with van der Waals surface area (Å²) >= 11 is 12.4. The van der Waals surface area contributed by atoms with E-state index in [0.29, 0.717) is 17.1 Å². The standard InChI is InChI=1S/C8H4Br2ClNO/c9-5-1-2-6(11)4-3-12(10)8(13)7(4)5/h1-2H,3H2. The Morgan fingerprint density at radius 3 is 2.77 bits per heavy atom. The van der Waals surface area contributed by atoms with Gasteiger partial charge in [-0.05, 0) is 28.1 Å². The van der Waals surface area contributed by atoms with Crippen molar-refractivity contribution < 1.29 is 4.79 Å². The average Bonchev–Trinajstić information content (AvgIpc) is 2.38. The molecule has 1 aromatic rings. The predicted molar refractivity (Wildman–Crippen MR) is 58.0 cm³/mol. The van der Waals surface area contributed by atoms with Crippen molar-refractivity contribution in [3.8, 4) is 0 Å². The molecule has 1 aliphatic rings. The summed E-state index contributed by atoms with van der Waals surface area (Å²) in [5.74, 6) is -0.0515. The highest BCUT2D eigenvalue weighted by molar-refractivity contribution is 9.10. The van der Waals surface area contributed by atoms with Crippen LogP contribution in [-0.4, -0.2) is 9.83 Å². The monoisotopic (exact) mass is 323 g/mol. The van der Waals surface area contributed by atoms with E-state index in [1.807, 2.05) is 0 Å². The van der Waals surface area contributed by atoms with Crippen LogP contribution in [0.4, 0.5) is 0 Å². The van der Waals surface area contributed by atoms with Crippen molar-refractivity contribution in [2.45, 2.75) is 6.54 Å². The molecule has 2 rings (SSSR count). The van der Waals surface area contributed by atoms with Crippen LogP contribution in [0.15, 0.2) is 16.6 Å². The smallest absolute Gasteiger partial charge is 0.265 e. The van der Waals surface area contributed by atoms with Gasteiger partial charge >= 0.3 is 0 Å². The van der Waals surface area contributed by atoms with Crippen LogP contribution in [-0.2, 0) is 6.54 Å². The fourth-order valence-electron chi connectivity index (χ4n) is 1.31. The molecule has 0 unspecified atom stereocenters. The van der Waals surface area contributed by atoms with Crippen LogP contribution in [0.2, 0.25) is 5.02 Å². The molecular weight excluding hydrogens is 321 g/mol. The number of halogens is 3. The molecular formula is C8H4Br2ClNO. The Morgan fingerprint density at radius 1 is 1.46 bits per heavy atom. The van der Waals surface area contributed by atoms with Crippen LogP contribution in [0.1, 0.15) is 15.9 Å². The zero-order chi connectivity index (χ0) is 9.59. The molecule has 13 heavy (non-hydrogen) atoms. The van der Waals surface area contributed by atoms with Crippen molar-refractivity contribution in [2.24, 2.45) is 0 Å². The number of carbonyl (C=O) groups excluding carboxylic acids is 1. The maximum Gasteiger partial charge on any atom is 0.265 e. The van der Waals surface area contributed by atoms with Crippen molar-refractivity contribution in [1.82, 2.24) is 3.93 Å². The van der Waals surface area contributed by atoms with E-state index in [9.17, 15) is 4.79 Å². The largest absolute Gasteiger partial charge is 0.270 e. The minimum Gasteiger partial charge on any atom is -0.270 e. The van der Waals surface area contributed by atoms with Crippen LogP contribution < -0.4 is 0 Å². The van der Waals surface area contributed by atoms with E-state index in [0.717, 1.165) is 10.0 Å². The summed E-state index contributed by atoms with van der Waals surface area (Å²) in [6.07, 6.45) is 0. The summed E-state index contributed by atoms with van der Waals surface area (Å²) in [4.78, 5) is 11.6. The number of hydrogen-bond donors (Lipinski definition) is 0. The number of fused-ring (bicyclic) bond motifs is 1. The van der Waals surface area contributed by atoms with Gasteiger partial charge in [0.2, 0.25) is 0 Å². The maximum absolute atomic E-state index is 11.6. The summed E-state index contributed by atoms with van der Waals surface area (Å²) in [7, 11) is 0. The van der Waals surface area contributed by atoms with E-state index in [1.54, 1.807) is 12.1 Å². The van der Waals surface area contributed by atoms with Gasteiger partial charge in [0.05, 0.1) is 28.3 Å². The molecule has 0 atom stereocenters. The second-order valence-electron chi connectivity index (χ2n) is 2.71. The zero-order valence-corrected chi connectivity index (χ0v) is 10.3. The molecule has 0 fully saturated rings.